The van der Waals surface area contributed by atoms with Crippen molar-refractivity contribution in [2.24, 2.45) is 11.5 Å². The summed E-state index contributed by atoms with van der Waals surface area (Å²) in [7, 11) is 0. The molecule has 1 atom stereocenters. The van der Waals surface area contributed by atoms with Crippen LogP contribution < -0.4 is 16.8 Å². The molecule has 1 aromatic carbocycles. The number of nitrogens with two attached hydrogens (primary N) is 2. The third-order valence-electron chi connectivity index (χ3n) is 2.42. The van der Waals surface area contributed by atoms with Crippen molar-refractivity contribution in [2.45, 2.75) is 19.0 Å². The molecule has 0 radical (unpaired) electrons. The summed E-state index contributed by atoms with van der Waals surface area (Å²) in [6.07, 6.45) is 0.0535. The van der Waals surface area contributed by atoms with Crippen LogP contribution in [-0.2, 0) is 5.66 Å². The summed E-state index contributed by atoms with van der Waals surface area (Å²) in [6.45, 7) is 1.54. The lowest BCUT2D eigenvalue weighted by molar-refractivity contribution is 0.230. The molecule has 2 amide bonds. The zero-order valence-corrected chi connectivity index (χ0v) is 9.06. The molecule has 5 N–H and O–H groups in total. The van der Waals surface area contributed by atoms with Crippen molar-refractivity contribution in [1.29, 1.82) is 0 Å². The van der Waals surface area contributed by atoms with Crippen LogP contribution in [-0.4, -0.2) is 6.03 Å². The van der Waals surface area contributed by atoms with Gasteiger partial charge in [-0.05, 0) is 18.6 Å². The smallest absolute Gasteiger partial charge is 0.313 e. The van der Waals surface area contributed by atoms with E-state index in [4.69, 9.17) is 11.5 Å². The van der Waals surface area contributed by atoms with Gasteiger partial charge in [-0.25, -0.2) is 18.0 Å². The van der Waals surface area contributed by atoms with Gasteiger partial charge in [-0.1, -0.05) is 6.92 Å². The molecule has 0 aromatic heterocycles. The van der Waals surface area contributed by atoms with Crippen LogP contribution in [0.2, 0.25) is 0 Å². The first kappa shape index (κ1) is 13.3. The van der Waals surface area contributed by atoms with E-state index in [9.17, 15) is 18.0 Å². The summed E-state index contributed by atoms with van der Waals surface area (Å²) >= 11 is 0. The highest BCUT2D eigenvalue weighted by Gasteiger charge is 2.31. The van der Waals surface area contributed by atoms with Crippen molar-refractivity contribution < 1.29 is 18.0 Å². The number of amides is 2. The zero-order chi connectivity index (χ0) is 13.2. The van der Waals surface area contributed by atoms with E-state index in [1.807, 2.05) is 0 Å². The molecule has 0 fully saturated rings. The maximum absolute atomic E-state index is 13.5. The average molecular weight is 247 g/mol. The average Bonchev–Trinajstić information content (AvgIpc) is 2.24. The number of hydrogen-bond donors (Lipinski definition) is 3. The van der Waals surface area contributed by atoms with Crippen molar-refractivity contribution in [3.63, 3.8) is 0 Å². The molecule has 17 heavy (non-hydrogen) atoms. The molecule has 0 heterocycles. The number of urea groups is 1. The van der Waals surface area contributed by atoms with Crippen LogP contribution in [0.15, 0.2) is 12.1 Å². The predicted octanol–water partition coefficient (Wildman–Crippen LogP) is 1.29. The largest absolute Gasteiger partial charge is 0.352 e. The van der Waals surface area contributed by atoms with Gasteiger partial charge in [0.1, 0.15) is 5.66 Å². The van der Waals surface area contributed by atoms with E-state index >= 15 is 0 Å². The first-order chi connectivity index (χ1) is 7.81. The molecular weight excluding hydrogens is 235 g/mol. The molecule has 1 aromatic rings. The summed E-state index contributed by atoms with van der Waals surface area (Å²) < 4.78 is 39.3. The maximum atomic E-state index is 13.5. The topological polar surface area (TPSA) is 81.1 Å². The second-order valence-corrected chi connectivity index (χ2v) is 3.54. The Balaban J connectivity index is 3.30. The number of nitrogens with one attached hydrogen (secondary N) is 1. The Labute approximate surface area is 95.8 Å². The van der Waals surface area contributed by atoms with Crippen molar-refractivity contribution >= 4 is 6.03 Å². The number of primary amides is 1. The molecule has 1 unspecified atom stereocenters. The third kappa shape index (κ3) is 2.50. The van der Waals surface area contributed by atoms with Gasteiger partial charge in [-0.3, -0.25) is 0 Å². The summed E-state index contributed by atoms with van der Waals surface area (Å²) in [5.41, 5.74) is 8.55. The van der Waals surface area contributed by atoms with Gasteiger partial charge < -0.3 is 16.8 Å². The molecule has 0 aliphatic heterocycles. The minimum Gasteiger partial charge on any atom is -0.352 e. The fourth-order valence-electron chi connectivity index (χ4n) is 1.44. The normalized spacial score (nSPS) is 14.2. The Kier molecular flexibility index (Phi) is 3.62. The Morgan fingerprint density at radius 2 is 1.94 bits per heavy atom. The standard InChI is InChI=1S/C10H12F3N3O/c1-2-10(15,16-9(14)17)5-3-4-6(11)8(13)7(5)12/h3-4H,2,15H2,1H3,(H3,14,16,17). The van der Waals surface area contributed by atoms with E-state index in [1.54, 1.807) is 0 Å². The number of carbonyl (C=O) groups excluding carboxylic acids is 1. The van der Waals surface area contributed by atoms with Gasteiger partial charge in [0.2, 0.25) is 0 Å². The van der Waals surface area contributed by atoms with Crippen LogP contribution in [0.3, 0.4) is 0 Å². The minimum atomic E-state index is -1.68. The number of halogens is 3. The fraction of sp³-hybridized carbons (Fsp3) is 0.300. The van der Waals surface area contributed by atoms with E-state index < -0.39 is 29.1 Å². The van der Waals surface area contributed by atoms with E-state index in [0.29, 0.717) is 0 Å². The second-order valence-electron chi connectivity index (χ2n) is 3.54. The van der Waals surface area contributed by atoms with Crippen LogP contribution in [0.4, 0.5) is 18.0 Å². The number of hydrogen-bond acceptors (Lipinski definition) is 2. The molecular formula is C10H12F3N3O. The first-order valence-corrected chi connectivity index (χ1v) is 4.82. The van der Waals surface area contributed by atoms with E-state index in [2.05, 4.69) is 5.32 Å². The maximum Gasteiger partial charge on any atom is 0.313 e. The number of rotatable bonds is 3. The number of carbonyl (C=O) groups is 1. The van der Waals surface area contributed by atoms with Crippen molar-refractivity contribution in [1.82, 2.24) is 5.32 Å². The lowest BCUT2D eigenvalue weighted by Crippen LogP contribution is -2.54. The van der Waals surface area contributed by atoms with Gasteiger partial charge in [0.15, 0.2) is 17.5 Å². The van der Waals surface area contributed by atoms with Crippen LogP contribution in [0, 0.1) is 17.5 Å². The van der Waals surface area contributed by atoms with Crippen LogP contribution in [0.1, 0.15) is 18.9 Å². The Morgan fingerprint density at radius 1 is 1.35 bits per heavy atom. The Bertz CT molecular complexity index is 453. The first-order valence-electron chi connectivity index (χ1n) is 4.82. The summed E-state index contributed by atoms with van der Waals surface area (Å²) in [5.74, 6) is -4.41. The van der Waals surface area contributed by atoms with Crippen molar-refractivity contribution in [3.05, 3.63) is 35.1 Å². The second kappa shape index (κ2) is 4.62. The molecule has 4 nitrogen and oxygen atoms in total. The van der Waals surface area contributed by atoms with Crippen LogP contribution >= 0.6 is 0 Å². The number of benzene rings is 1. The quantitative estimate of drug-likeness (QED) is 0.555. The summed E-state index contributed by atoms with van der Waals surface area (Å²) in [6, 6.07) is 0.708. The van der Waals surface area contributed by atoms with Gasteiger partial charge in [0, 0.05) is 5.56 Å². The highest BCUT2D eigenvalue weighted by molar-refractivity contribution is 5.72. The fourth-order valence-corrected chi connectivity index (χ4v) is 1.44. The zero-order valence-electron chi connectivity index (χ0n) is 9.06. The van der Waals surface area contributed by atoms with Gasteiger partial charge in [0.05, 0.1) is 0 Å². The molecule has 0 aliphatic carbocycles. The lowest BCUT2D eigenvalue weighted by Gasteiger charge is -2.29. The molecule has 7 heteroatoms. The van der Waals surface area contributed by atoms with E-state index in [1.165, 1.54) is 6.92 Å². The van der Waals surface area contributed by atoms with Gasteiger partial charge >= 0.3 is 6.03 Å². The SMILES string of the molecule is CCC(N)(NC(N)=O)c1ccc(F)c(F)c1F. The molecule has 0 saturated carbocycles. The summed E-state index contributed by atoms with van der Waals surface area (Å²) in [4.78, 5) is 10.8. The summed E-state index contributed by atoms with van der Waals surface area (Å²) in [5, 5.41) is 2.10. The molecule has 0 saturated heterocycles. The Hall–Kier alpha value is -1.76. The van der Waals surface area contributed by atoms with Gasteiger partial charge in [-0.15, -0.1) is 0 Å². The van der Waals surface area contributed by atoms with Crippen molar-refractivity contribution in [2.75, 3.05) is 0 Å². The van der Waals surface area contributed by atoms with E-state index in [-0.39, 0.29) is 12.0 Å². The molecule has 94 valence electrons. The molecule has 1 rings (SSSR count). The van der Waals surface area contributed by atoms with Gasteiger partial charge in [0.25, 0.3) is 0 Å². The Morgan fingerprint density at radius 3 is 2.41 bits per heavy atom. The highest BCUT2D eigenvalue weighted by Crippen LogP contribution is 2.25. The monoisotopic (exact) mass is 247 g/mol. The molecule has 0 aliphatic rings. The minimum absolute atomic E-state index is 0.0535. The van der Waals surface area contributed by atoms with E-state index in [0.717, 1.165) is 12.1 Å². The third-order valence-corrected chi connectivity index (χ3v) is 2.42. The molecule has 0 spiro atoms. The van der Waals surface area contributed by atoms with Crippen LogP contribution in [0.5, 0.6) is 0 Å². The van der Waals surface area contributed by atoms with Gasteiger partial charge in [-0.2, -0.15) is 0 Å². The predicted molar refractivity (Wildman–Crippen MR) is 55.2 cm³/mol. The van der Waals surface area contributed by atoms with Crippen molar-refractivity contribution in [3.8, 4) is 0 Å². The lowest BCUT2D eigenvalue weighted by atomic mass is 9.96. The van der Waals surface area contributed by atoms with Crippen LogP contribution in [0.25, 0.3) is 0 Å². The highest BCUT2D eigenvalue weighted by atomic mass is 19.2. The molecule has 0 bridgehead atoms.